The average molecular weight is 433 g/mol. The molecule has 0 bridgehead atoms. The lowest BCUT2D eigenvalue weighted by Crippen LogP contribution is -2.49. The van der Waals surface area contributed by atoms with E-state index in [2.05, 4.69) is 12.1 Å². The molecule has 3 rings (SSSR count). The molecule has 9 heteroatoms. The lowest BCUT2D eigenvalue weighted by molar-refractivity contribution is 0.115. The van der Waals surface area contributed by atoms with Gasteiger partial charge >= 0.3 is 6.09 Å². The van der Waals surface area contributed by atoms with Crippen molar-refractivity contribution in [3.63, 3.8) is 0 Å². The van der Waals surface area contributed by atoms with Gasteiger partial charge in [-0.2, -0.15) is 15.8 Å². The number of hydrogen-bond acceptors (Lipinski definition) is 8. The molecule has 1 aromatic carbocycles. The summed E-state index contributed by atoms with van der Waals surface area (Å²) in [6, 6.07) is 11.3. The monoisotopic (exact) mass is 433 g/mol. The van der Waals surface area contributed by atoms with E-state index in [0.29, 0.717) is 29.2 Å². The third-order valence-corrected chi connectivity index (χ3v) is 5.94. The van der Waals surface area contributed by atoms with Gasteiger partial charge in [0, 0.05) is 30.5 Å². The highest BCUT2D eigenvalue weighted by Crippen LogP contribution is 2.57. The van der Waals surface area contributed by atoms with Gasteiger partial charge in [-0.15, -0.1) is 0 Å². The van der Waals surface area contributed by atoms with E-state index in [0.717, 1.165) is 0 Å². The second-order valence-corrected chi connectivity index (χ2v) is 7.36. The van der Waals surface area contributed by atoms with E-state index in [4.69, 9.17) is 19.9 Å². The Morgan fingerprint density at radius 2 is 2.00 bits per heavy atom. The smallest absolute Gasteiger partial charge is 0.409 e. The molecule has 164 valence electrons. The van der Waals surface area contributed by atoms with Gasteiger partial charge in [-0.1, -0.05) is 18.2 Å². The number of fused-ring (bicyclic) bond motifs is 1. The Bertz CT molecular complexity index is 1100. The number of methoxy groups -OCH3 is 2. The molecule has 1 aliphatic carbocycles. The van der Waals surface area contributed by atoms with Crippen LogP contribution in [0.5, 0.6) is 11.5 Å². The summed E-state index contributed by atoms with van der Waals surface area (Å²) >= 11 is 0. The predicted octanol–water partition coefficient (Wildman–Crippen LogP) is 2.59. The number of hydrogen-bond donors (Lipinski definition) is 1. The molecule has 1 aromatic rings. The molecule has 1 unspecified atom stereocenters. The highest BCUT2D eigenvalue weighted by Gasteiger charge is 2.56. The fourth-order valence-corrected chi connectivity index (χ4v) is 4.60. The molecule has 9 nitrogen and oxygen atoms in total. The van der Waals surface area contributed by atoms with Crippen molar-refractivity contribution in [2.24, 2.45) is 17.1 Å². The van der Waals surface area contributed by atoms with Crippen LogP contribution in [0.25, 0.3) is 0 Å². The van der Waals surface area contributed by atoms with Gasteiger partial charge in [0.25, 0.3) is 0 Å². The molecule has 2 atom stereocenters. The molecule has 2 aliphatic rings. The Hall–Kier alpha value is -4.16. The summed E-state index contributed by atoms with van der Waals surface area (Å²) in [5.41, 5.74) is 5.55. The number of nitriles is 3. The maximum absolute atomic E-state index is 12.3. The van der Waals surface area contributed by atoms with Crippen molar-refractivity contribution >= 4 is 6.09 Å². The zero-order valence-corrected chi connectivity index (χ0v) is 18.1. The maximum Gasteiger partial charge on any atom is 0.409 e. The second-order valence-electron chi connectivity index (χ2n) is 7.36. The predicted molar refractivity (Wildman–Crippen MR) is 113 cm³/mol. The third kappa shape index (κ3) is 3.27. The van der Waals surface area contributed by atoms with E-state index in [-0.39, 0.29) is 24.4 Å². The second kappa shape index (κ2) is 8.91. The zero-order valence-electron chi connectivity index (χ0n) is 18.1. The van der Waals surface area contributed by atoms with Gasteiger partial charge in [-0.3, -0.25) is 0 Å². The molecule has 1 amide bonds. The van der Waals surface area contributed by atoms with Crippen molar-refractivity contribution in [3.05, 3.63) is 46.7 Å². The van der Waals surface area contributed by atoms with Crippen molar-refractivity contribution in [3.8, 4) is 29.7 Å². The van der Waals surface area contributed by atoms with Crippen LogP contribution in [0.2, 0.25) is 0 Å². The van der Waals surface area contributed by atoms with E-state index in [1.54, 1.807) is 24.3 Å². The number of para-hydroxylation sites is 1. The molecular formula is C23H23N5O4. The highest BCUT2D eigenvalue weighted by molar-refractivity contribution is 5.69. The molecule has 32 heavy (non-hydrogen) atoms. The molecule has 0 saturated heterocycles. The van der Waals surface area contributed by atoms with Crippen LogP contribution in [0.3, 0.4) is 0 Å². The lowest BCUT2D eigenvalue weighted by atomic mass is 9.57. The van der Waals surface area contributed by atoms with E-state index in [1.165, 1.54) is 19.1 Å². The van der Waals surface area contributed by atoms with Gasteiger partial charge < -0.3 is 24.8 Å². The number of allylic oxidation sites excluding steroid dienone is 2. The average Bonchev–Trinajstić information content (AvgIpc) is 2.83. The fourth-order valence-electron chi connectivity index (χ4n) is 4.60. The van der Waals surface area contributed by atoms with Crippen LogP contribution in [0.15, 0.2) is 41.1 Å². The zero-order chi connectivity index (χ0) is 23.5. The first-order valence-electron chi connectivity index (χ1n) is 9.99. The van der Waals surface area contributed by atoms with Crippen LogP contribution < -0.4 is 15.2 Å². The number of amides is 1. The van der Waals surface area contributed by atoms with Gasteiger partial charge in [0.05, 0.1) is 50.3 Å². The number of nitrogens with zero attached hydrogens (tertiary/aromatic N) is 4. The van der Waals surface area contributed by atoms with Gasteiger partial charge in [0.15, 0.2) is 16.9 Å². The van der Waals surface area contributed by atoms with Crippen LogP contribution in [-0.4, -0.2) is 44.9 Å². The fraction of sp³-hybridized carbons (Fsp3) is 0.391. The molecular weight excluding hydrogens is 410 g/mol. The van der Waals surface area contributed by atoms with Crippen molar-refractivity contribution in [2.75, 3.05) is 33.9 Å². The number of carbonyl (C=O) groups excluding carboxylic acids is 1. The van der Waals surface area contributed by atoms with Gasteiger partial charge in [0.2, 0.25) is 0 Å². The summed E-state index contributed by atoms with van der Waals surface area (Å²) in [6.07, 6.45) is 1.20. The number of ether oxygens (including phenoxy) is 3. The summed E-state index contributed by atoms with van der Waals surface area (Å²) < 4.78 is 16.2. The van der Waals surface area contributed by atoms with Crippen molar-refractivity contribution in [1.82, 2.24) is 4.90 Å². The molecule has 1 heterocycles. The molecule has 0 radical (unpaired) electrons. The Kier molecular flexibility index (Phi) is 6.27. The number of benzene rings is 1. The highest BCUT2D eigenvalue weighted by atomic mass is 16.5. The number of rotatable bonds is 4. The molecule has 0 aromatic heterocycles. The standard InChI is InChI=1S/C23H23N5O4/c1-4-32-18-7-5-6-15(21(18)30-2)19-16-11-28(22(29)31-3)9-8-14(16)20(27)17(10-24)23(19,12-25)13-26/h5-8,16,19H,4,9,11,27H2,1-3H3/t16-,19?/m1/s1. The molecule has 1 aliphatic heterocycles. The topological polar surface area (TPSA) is 145 Å². The maximum atomic E-state index is 12.3. The summed E-state index contributed by atoms with van der Waals surface area (Å²) in [4.78, 5) is 13.7. The van der Waals surface area contributed by atoms with Crippen LogP contribution in [0.1, 0.15) is 18.4 Å². The van der Waals surface area contributed by atoms with Crippen molar-refractivity contribution in [2.45, 2.75) is 12.8 Å². The summed E-state index contributed by atoms with van der Waals surface area (Å²) in [5, 5.41) is 30.4. The minimum atomic E-state index is -1.89. The Balaban J connectivity index is 2.35. The lowest BCUT2D eigenvalue weighted by Gasteiger charge is -2.45. The minimum Gasteiger partial charge on any atom is -0.493 e. The summed E-state index contributed by atoms with van der Waals surface area (Å²) in [7, 11) is 2.75. The van der Waals surface area contributed by atoms with E-state index >= 15 is 0 Å². The quantitative estimate of drug-likeness (QED) is 0.762. The first-order valence-corrected chi connectivity index (χ1v) is 9.99. The van der Waals surface area contributed by atoms with Crippen LogP contribution in [0.4, 0.5) is 4.79 Å². The molecule has 0 fully saturated rings. The first-order chi connectivity index (χ1) is 15.4. The summed E-state index contributed by atoms with van der Waals surface area (Å²) in [6.45, 7) is 2.59. The number of nitrogens with two attached hydrogens (primary N) is 1. The largest absolute Gasteiger partial charge is 0.493 e. The molecule has 2 N–H and O–H groups in total. The Morgan fingerprint density at radius 1 is 1.28 bits per heavy atom. The first kappa shape index (κ1) is 22.5. The summed E-state index contributed by atoms with van der Waals surface area (Å²) in [5.74, 6) is -0.593. The van der Waals surface area contributed by atoms with Gasteiger partial charge in [0.1, 0.15) is 0 Å². The SMILES string of the molecule is CCOc1cccc(C2[C@@H]3CN(C(=O)OC)CC=C3C(N)=C(C#N)C2(C#N)C#N)c1OC. The Morgan fingerprint density at radius 3 is 2.56 bits per heavy atom. The van der Waals surface area contributed by atoms with Crippen LogP contribution >= 0.6 is 0 Å². The van der Waals surface area contributed by atoms with Crippen molar-refractivity contribution in [1.29, 1.82) is 15.8 Å². The Labute approximate surface area is 186 Å². The van der Waals surface area contributed by atoms with Crippen LogP contribution in [-0.2, 0) is 4.74 Å². The molecule has 0 saturated carbocycles. The van der Waals surface area contributed by atoms with Crippen molar-refractivity contribution < 1.29 is 19.0 Å². The van der Waals surface area contributed by atoms with Gasteiger partial charge in [-0.25, -0.2) is 4.79 Å². The van der Waals surface area contributed by atoms with E-state index in [9.17, 15) is 20.6 Å². The normalized spacial score (nSPS) is 21.2. The minimum absolute atomic E-state index is 0.0984. The van der Waals surface area contributed by atoms with Crippen LogP contribution in [0, 0.1) is 45.3 Å². The van der Waals surface area contributed by atoms with E-state index in [1.807, 2.05) is 13.0 Å². The van der Waals surface area contributed by atoms with Gasteiger partial charge in [-0.05, 0) is 18.6 Å². The number of carbonyl (C=O) groups is 1. The molecule has 0 spiro atoms. The van der Waals surface area contributed by atoms with E-state index < -0.39 is 23.3 Å². The third-order valence-electron chi connectivity index (χ3n) is 5.94.